The van der Waals surface area contributed by atoms with Crippen LogP contribution in [-0.4, -0.2) is 20.2 Å². The molecule has 0 bridgehead atoms. The summed E-state index contributed by atoms with van der Waals surface area (Å²) in [6.07, 6.45) is 4.37. The van der Waals surface area contributed by atoms with Crippen LogP contribution in [0.1, 0.15) is 55.1 Å². The van der Waals surface area contributed by atoms with E-state index in [1.165, 1.54) is 29.5 Å². The maximum atomic E-state index is 4.53. The van der Waals surface area contributed by atoms with Crippen molar-refractivity contribution in [2.45, 2.75) is 58.9 Å². The molecule has 5 nitrogen and oxygen atoms in total. The van der Waals surface area contributed by atoms with E-state index in [0.29, 0.717) is 0 Å². The normalized spacial score (nSPS) is 22.2. The Morgan fingerprint density at radius 1 is 0.964 bits per heavy atom. The molecule has 28 heavy (non-hydrogen) atoms. The number of rotatable bonds is 4. The summed E-state index contributed by atoms with van der Waals surface area (Å²) in [6.45, 7) is 8.69. The molecule has 1 aromatic heterocycles. The molecule has 1 N–H and O–H groups in total. The van der Waals surface area contributed by atoms with Crippen molar-refractivity contribution in [2.24, 2.45) is 5.92 Å². The standard InChI is InChI=1S/C23H29N5/c1-16-8-10-23(11-9-16,24-20-7-5-6-17(2)13-20)22-25-26-27-28(22)21-14-18(3)12-19(4)15-21/h5-7,12-16,24H,8-11H2,1-4H3. The van der Waals surface area contributed by atoms with Gasteiger partial charge in [-0.1, -0.05) is 25.1 Å². The first-order chi connectivity index (χ1) is 13.4. The Hall–Kier alpha value is -2.69. The minimum absolute atomic E-state index is 0.262. The second-order valence-corrected chi connectivity index (χ2v) is 8.52. The van der Waals surface area contributed by atoms with Gasteiger partial charge in [0.25, 0.3) is 0 Å². The van der Waals surface area contributed by atoms with Gasteiger partial charge in [0.15, 0.2) is 5.82 Å². The van der Waals surface area contributed by atoms with Gasteiger partial charge in [-0.25, -0.2) is 0 Å². The molecule has 1 fully saturated rings. The first kappa shape index (κ1) is 18.7. The average Bonchev–Trinajstić information content (AvgIpc) is 3.14. The molecule has 0 unspecified atom stereocenters. The summed E-state index contributed by atoms with van der Waals surface area (Å²) < 4.78 is 1.93. The molecule has 0 atom stereocenters. The minimum Gasteiger partial charge on any atom is -0.373 e. The number of hydrogen-bond donors (Lipinski definition) is 1. The van der Waals surface area contributed by atoms with Crippen molar-refractivity contribution in [2.75, 3.05) is 5.32 Å². The smallest absolute Gasteiger partial charge is 0.181 e. The van der Waals surface area contributed by atoms with Crippen LogP contribution in [0.4, 0.5) is 5.69 Å². The van der Waals surface area contributed by atoms with Crippen LogP contribution >= 0.6 is 0 Å². The SMILES string of the molecule is Cc1cccc(NC2(c3nnnn3-c3cc(C)cc(C)c3)CCC(C)CC2)c1. The van der Waals surface area contributed by atoms with Gasteiger partial charge in [0.1, 0.15) is 0 Å². The number of anilines is 1. The molecule has 0 saturated heterocycles. The van der Waals surface area contributed by atoms with E-state index in [-0.39, 0.29) is 5.54 Å². The predicted molar refractivity (Wildman–Crippen MR) is 113 cm³/mol. The van der Waals surface area contributed by atoms with Crippen molar-refractivity contribution in [1.29, 1.82) is 0 Å². The second kappa shape index (κ2) is 7.38. The summed E-state index contributed by atoms with van der Waals surface area (Å²) in [4.78, 5) is 0. The largest absolute Gasteiger partial charge is 0.373 e. The highest BCUT2D eigenvalue weighted by Gasteiger charge is 2.41. The molecule has 0 aliphatic heterocycles. The topological polar surface area (TPSA) is 55.6 Å². The van der Waals surface area contributed by atoms with Crippen LogP contribution in [0.15, 0.2) is 42.5 Å². The summed E-state index contributed by atoms with van der Waals surface area (Å²) in [5.74, 6) is 1.64. The molecule has 1 aliphatic rings. The lowest BCUT2D eigenvalue weighted by molar-refractivity contribution is 0.255. The van der Waals surface area contributed by atoms with E-state index >= 15 is 0 Å². The first-order valence-corrected chi connectivity index (χ1v) is 10.2. The Bertz CT molecular complexity index is 946. The summed E-state index contributed by atoms with van der Waals surface area (Å²) in [5, 5.41) is 16.8. The number of tetrazole rings is 1. The van der Waals surface area contributed by atoms with Gasteiger partial charge in [0, 0.05) is 5.69 Å². The van der Waals surface area contributed by atoms with Crippen molar-refractivity contribution in [3.8, 4) is 5.69 Å². The Kier molecular flexibility index (Phi) is 4.92. The van der Waals surface area contributed by atoms with Gasteiger partial charge < -0.3 is 5.32 Å². The quantitative estimate of drug-likeness (QED) is 0.689. The molecule has 4 rings (SSSR count). The van der Waals surface area contributed by atoms with Crippen molar-refractivity contribution >= 4 is 5.69 Å². The molecule has 146 valence electrons. The molecule has 1 heterocycles. The second-order valence-electron chi connectivity index (χ2n) is 8.52. The summed E-state index contributed by atoms with van der Waals surface area (Å²) >= 11 is 0. The number of hydrogen-bond acceptors (Lipinski definition) is 4. The monoisotopic (exact) mass is 375 g/mol. The van der Waals surface area contributed by atoms with Crippen LogP contribution in [0, 0.1) is 26.7 Å². The maximum Gasteiger partial charge on any atom is 0.181 e. The average molecular weight is 376 g/mol. The fourth-order valence-electron chi connectivity index (χ4n) is 4.39. The number of benzene rings is 2. The zero-order valence-electron chi connectivity index (χ0n) is 17.2. The van der Waals surface area contributed by atoms with E-state index < -0.39 is 0 Å². The lowest BCUT2D eigenvalue weighted by atomic mass is 9.76. The fraction of sp³-hybridized carbons (Fsp3) is 0.435. The summed E-state index contributed by atoms with van der Waals surface area (Å²) in [6, 6.07) is 15.0. The highest BCUT2D eigenvalue weighted by Crippen LogP contribution is 2.41. The Balaban J connectivity index is 1.79. The van der Waals surface area contributed by atoms with Gasteiger partial charge in [-0.15, -0.1) is 5.10 Å². The molecule has 2 aromatic carbocycles. The van der Waals surface area contributed by atoms with E-state index in [0.717, 1.165) is 36.0 Å². The molecule has 5 heteroatoms. The third-order valence-corrected chi connectivity index (χ3v) is 5.88. The van der Waals surface area contributed by atoms with Gasteiger partial charge in [-0.3, -0.25) is 0 Å². The number of nitrogens with one attached hydrogen (secondary N) is 1. The van der Waals surface area contributed by atoms with E-state index in [4.69, 9.17) is 0 Å². The van der Waals surface area contributed by atoms with E-state index in [1.54, 1.807) is 0 Å². The summed E-state index contributed by atoms with van der Waals surface area (Å²) in [5.41, 5.74) is 5.58. The molecule has 0 amide bonds. The fourth-order valence-corrected chi connectivity index (χ4v) is 4.39. The van der Waals surface area contributed by atoms with Crippen LogP contribution in [0.2, 0.25) is 0 Å². The van der Waals surface area contributed by atoms with Crippen LogP contribution in [-0.2, 0) is 5.54 Å². The number of aryl methyl sites for hydroxylation is 3. The van der Waals surface area contributed by atoms with Crippen LogP contribution in [0.25, 0.3) is 5.69 Å². The molecular weight excluding hydrogens is 346 g/mol. The molecule has 0 radical (unpaired) electrons. The van der Waals surface area contributed by atoms with Crippen LogP contribution in [0.5, 0.6) is 0 Å². The third kappa shape index (κ3) is 3.66. The Morgan fingerprint density at radius 2 is 1.68 bits per heavy atom. The van der Waals surface area contributed by atoms with Crippen molar-refractivity contribution < 1.29 is 0 Å². The number of nitrogens with zero attached hydrogens (tertiary/aromatic N) is 4. The van der Waals surface area contributed by atoms with Gasteiger partial charge in [-0.05, 0) is 104 Å². The molecular formula is C23H29N5. The van der Waals surface area contributed by atoms with Crippen LogP contribution < -0.4 is 5.32 Å². The lowest BCUT2D eigenvalue weighted by Crippen LogP contribution is -2.41. The summed E-state index contributed by atoms with van der Waals surface area (Å²) in [7, 11) is 0. The van der Waals surface area contributed by atoms with E-state index in [1.807, 2.05) is 4.68 Å². The maximum absolute atomic E-state index is 4.53. The van der Waals surface area contributed by atoms with E-state index in [2.05, 4.69) is 91.0 Å². The zero-order chi connectivity index (χ0) is 19.7. The van der Waals surface area contributed by atoms with Crippen LogP contribution in [0.3, 0.4) is 0 Å². The third-order valence-electron chi connectivity index (χ3n) is 5.88. The predicted octanol–water partition coefficient (Wildman–Crippen LogP) is 5.11. The van der Waals surface area contributed by atoms with E-state index in [9.17, 15) is 0 Å². The lowest BCUT2D eigenvalue weighted by Gasteiger charge is -2.39. The Labute approximate surface area is 167 Å². The number of aromatic nitrogens is 4. The Morgan fingerprint density at radius 3 is 2.36 bits per heavy atom. The zero-order valence-corrected chi connectivity index (χ0v) is 17.2. The molecule has 1 saturated carbocycles. The van der Waals surface area contributed by atoms with Gasteiger partial charge in [0.05, 0.1) is 11.2 Å². The van der Waals surface area contributed by atoms with Crippen molar-refractivity contribution in [3.05, 3.63) is 65.0 Å². The first-order valence-electron chi connectivity index (χ1n) is 10.2. The molecule has 1 aliphatic carbocycles. The minimum atomic E-state index is -0.262. The van der Waals surface area contributed by atoms with Gasteiger partial charge in [-0.2, -0.15) is 4.68 Å². The molecule has 0 spiro atoms. The highest BCUT2D eigenvalue weighted by atomic mass is 15.6. The van der Waals surface area contributed by atoms with Gasteiger partial charge in [0.2, 0.25) is 0 Å². The molecule has 3 aromatic rings. The highest BCUT2D eigenvalue weighted by molar-refractivity contribution is 5.49. The van der Waals surface area contributed by atoms with Crippen molar-refractivity contribution in [1.82, 2.24) is 20.2 Å². The van der Waals surface area contributed by atoms with Crippen molar-refractivity contribution in [3.63, 3.8) is 0 Å². The van der Waals surface area contributed by atoms with Gasteiger partial charge >= 0.3 is 0 Å².